The van der Waals surface area contributed by atoms with Crippen molar-refractivity contribution >= 4 is 49.0 Å². The number of halogens is 1. The van der Waals surface area contributed by atoms with Crippen molar-refractivity contribution in [3.8, 4) is 5.75 Å². The molecular formula is C19H20FN5O4S2. The van der Waals surface area contributed by atoms with E-state index in [4.69, 9.17) is 10.5 Å². The third-order valence-electron chi connectivity index (χ3n) is 5.02. The first-order valence-corrected chi connectivity index (χ1v) is 12.0. The van der Waals surface area contributed by atoms with Crippen molar-refractivity contribution in [1.29, 1.82) is 0 Å². The van der Waals surface area contributed by atoms with Gasteiger partial charge in [0.1, 0.15) is 34.6 Å². The van der Waals surface area contributed by atoms with Crippen molar-refractivity contribution in [2.24, 2.45) is 5.73 Å². The second-order valence-corrected chi connectivity index (χ2v) is 10.2. The first kappa shape index (κ1) is 21.4. The van der Waals surface area contributed by atoms with Gasteiger partial charge >= 0.3 is 0 Å². The first-order valence-electron chi connectivity index (χ1n) is 9.35. The number of nitrogens with zero attached hydrogens (tertiary/aromatic N) is 3. The minimum Gasteiger partial charge on any atom is -0.487 e. The average molecular weight is 466 g/mol. The van der Waals surface area contributed by atoms with Gasteiger partial charge in [0.15, 0.2) is 0 Å². The maximum absolute atomic E-state index is 13.9. The number of nitrogens with one attached hydrogen (secondary N) is 1. The van der Waals surface area contributed by atoms with Crippen LogP contribution >= 0.6 is 11.3 Å². The van der Waals surface area contributed by atoms with E-state index in [2.05, 4.69) is 15.3 Å². The Kier molecular flexibility index (Phi) is 5.54. The highest BCUT2D eigenvalue weighted by Gasteiger charge is 2.30. The van der Waals surface area contributed by atoms with Crippen molar-refractivity contribution in [3.63, 3.8) is 0 Å². The van der Waals surface area contributed by atoms with Crippen LogP contribution in [0.3, 0.4) is 0 Å². The number of primary amides is 1. The normalized spacial score (nSPS) is 17.2. The smallest absolute Gasteiger partial charge is 0.259 e. The fourth-order valence-corrected chi connectivity index (χ4v) is 5.38. The van der Waals surface area contributed by atoms with Gasteiger partial charge in [-0.15, -0.1) is 11.3 Å². The third-order valence-corrected chi connectivity index (χ3v) is 7.50. The van der Waals surface area contributed by atoms with Gasteiger partial charge in [-0.1, -0.05) is 0 Å². The van der Waals surface area contributed by atoms with Gasteiger partial charge in [-0.3, -0.25) is 4.79 Å². The number of aromatic nitrogens is 2. The summed E-state index contributed by atoms with van der Waals surface area (Å²) in [5.41, 5.74) is 6.55. The molecule has 1 saturated heterocycles. The lowest BCUT2D eigenvalue weighted by atomic mass is 10.2. The number of fused-ring (bicyclic) bond motifs is 1. The van der Waals surface area contributed by atoms with E-state index >= 15 is 0 Å². The summed E-state index contributed by atoms with van der Waals surface area (Å²) in [6, 6.07) is 4.03. The number of carbonyl (C=O) groups excluding carboxylic acids is 1. The fraction of sp³-hybridized carbons (Fsp3) is 0.316. The number of sulfonamides is 1. The Morgan fingerprint density at radius 3 is 2.84 bits per heavy atom. The number of anilines is 2. The molecule has 1 aliphatic heterocycles. The van der Waals surface area contributed by atoms with E-state index < -0.39 is 27.9 Å². The molecule has 164 valence electrons. The molecule has 1 aromatic carbocycles. The number of thiophene rings is 1. The van der Waals surface area contributed by atoms with E-state index in [0.29, 0.717) is 45.1 Å². The summed E-state index contributed by atoms with van der Waals surface area (Å²) in [4.78, 5) is 21.2. The maximum atomic E-state index is 13.9. The second kappa shape index (κ2) is 8.02. The molecule has 0 spiro atoms. The zero-order valence-electron chi connectivity index (χ0n) is 16.8. The summed E-state index contributed by atoms with van der Waals surface area (Å²) < 4.78 is 44.7. The van der Waals surface area contributed by atoms with Crippen LogP contribution in [0.25, 0.3) is 10.2 Å². The van der Waals surface area contributed by atoms with E-state index in [1.54, 1.807) is 6.92 Å². The minimum atomic E-state index is -3.32. The van der Waals surface area contributed by atoms with Crippen molar-refractivity contribution in [2.45, 2.75) is 19.4 Å². The van der Waals surface area contributed by atoms with Crippen LogP contribution < -0.4 is 15.8 Å². The molecule has 0 saturated carbocycles. The number of rotatable bonds is 6. The molecule has 3 aromatic rings. The predicted octanol–water partition coefficient (Wildman–Crippen LogP) is 2.39. The summed E-state index contributed by atoms with van der Waals surface area (Å²) in [5.74, 6) is -0.384. The summed E-state index contributed by atoms with van der Waals surface area (Å²) in [5, 5.41) is 3.77. The number of aryl methyl sites for hydroxylation is 1. The number of nitrogens with two attached hydrogens (primary N) is 1. The number of benzene rings is 1. The van der Waals surface area contributed by atoms with Crippen molar-refractivity contribution < 1.29 is 22.3 Å². The zero-order valence-corrected chi connectivity index (χ0v) is 18.4. The van der Waals surface area contributed by atoms with Gasteiger partial charge in [-0.2, -0.15) is 4.31 Å². The van der Waals surface area contributed by atoms with Gasteiger partial charge in [0.2, 0.25) is 10.0 Å². The third kappa shape index (κ3) is 4.31. The Labute approximate surface area is 182 Å². The van der Waals surface area contributed by atoms with Crippen molar-refractivity contribution in [3.05, 3.63) is 40.8 Å². The van der Waals surface area contributed by atoms with Crippen molar-refractivity contribution in [1.82, 2.24) is 14.3 Å². The molecule has 9 nitrogen and oxygen atoms in total. The quantitative estimate of drug-likeness (QED) is 0.572. The SMILES string of the molecule is Cc1c(C(N)=O)sc2ncnc(Nc3ccc(F)cc3O[C@@H]3CCN(S(C)(=O)=O)C3)c12. The molecule has 3 N–H and O–H groups in total. The van der Waals surface area contributed by atoms with Crippen LogP contribution in [-0.2, 0) is 10.0 Å². The first-order chi connectivity index (χ1) is 14.6. The van der Waals surface area contributed by atoms with Crippen LogP contribution in [0.4, 0.5) is 15.9 Å². The maximum Gasteiger partial charge on any atom is 0.259 e. The Hall–Kier alpha value is -2.83. The average Bonchev–Trinajstić information content (AvgIpc) is 3.29. The van der Waals surface area contributed by atoms with Gasteiger partial charge in [0.25, 0.3) is 5.91 Å². The van der Waals surface area contributed by atoms with E-state index in [1.807, 2.05) is 0 Å². The van der Waals surface area contributed by atoms with Crippen LogP contribution in [-0.4, -0.2) is 54.0 Å². The zero-order chi connectivity index (χ0) is 22.3. The monoisotopic (exact) mass is 465 g/mol. The second-order valence-electron chi connectivity index (χ2n) is 7.24. The molecule has 12 heteroatoms. The van der Waals surface area contributed by atoms with Crippen LogP contribution in [0.15, 0.2) is 24.5 Å². The molecule has 0 aliphatic carbocycles. The van der Waals surface area contributed by atoms with Crippen LogP contribution in [0.1, 0.15) is 21.7 Å². The molecule has 4 rings (SSSR count). The molecule has 1 aliphatic rings. The highest BCUT2D eigenvalue weighted by molar-refractivity contribution is 7.88. The fourth-order valence-electron chi connectivity index (χ4n) is 3.50. The van der Waals surface area contributed by atoms with Crippen molar-refractivity contribution in [2.75, 3.05) is 24.7 Å². The Bertz CT molecular complexity index is 1280. The topological polar surface area (TPSA) is 128 Å². The van der Waals surface area contributed by atoms with Gasteiger partial charge < -0.3 is 15.8 Å². The largest absolute Gasteiger partial charge is 0.487 e. The van der Waals surface area contributed by atoms with E-state index in [-0.39, 0.29) is 12.3 Å². The summed E-state index contributed by atoms with van der Waals surface area (Å²) in [6.45, 7) is 2.30. The highest BCUT2D eigenvalue weighted by Crippen LogP contribution is 2.37. The Morgan fingerprint density at radius 1 is 1.39 bits per heavy atom. The van der Waals surface area contributed by atoms with E-state index in [1.165, 1.54) is 40.2 Å². The molecule has 0 bridgehead atoms. The summed E-state index contributed by atoms with van der Waals surface area (Å²) >= 11 is 1.17. The molecule has 3 heterocycles. The summed E-state index contributed by atoms with van der Waals surface area (Å²) in [7, 11) is -3.32. The molecule has 1 atom stereocenters. The van der Waals surface area contributed by atoms with Gasteiger partial charge in [-0.25, -0.2) is 22.8 Å². The lowest BCUT2D eigenvalue weighted by Crippen LogP contribution is -2.30. The molecular weight excluding hydrogens is 445 g/mol. The molecule has 0 radical (unpaired) electrons. The lowest BCUT2D eigenvalue weighted by Gasteiger charge is -2.18. The number of ether oxygens (including phenoxy) is 1. The predicted molar refractivity (Wildman–Crippen MR) is 116 cm³/mol. The Morgan fingerprint density at radius 2 is 2.16 bits per heavy atom. The van der Waals surface area contributed by atoms with Gasteiger partial charge in [0, 0.05) is 12.6 Å². The number of amides is 1. The number of hydrogen-bond acceptors (Lipinski definition) is 8. The number of hydrogen-bond donors (Lipinski definition) is 2. The van der Waals surface area contributed by atoms with Gasteiger partial charge in [0.05, 0.1) is 28.8 Å². The minimum absolute atomic E-state index is 0.193. The van der Waals surface area contributed by atoms with E-state index in [9.17, 15) is 17.6 Å². The Balaban J connectivity index is 1.65. The summed E-state index contributed by atoms with van der Waals surface area (Å²) in [6.07, 6.45) is 2.59. The van der Waals surface area contributed by atoms with Gasteiger partial charge in [-0.05, 0) is 31.0 Å². The standard InChI is InChI=1S/C19H20FN5O4S2/c1-10-15-18(22-9-23-19(15)30-16(10)17(21)26)24-13-4-3-11(20)7-14(13)29-12-5-6-25(8-12)31(2,27)28/h3-4,7,9,12H,5-6,8H2,1-2H3,(H2,21,26)(H,22,23,24)/t12-/m1/s1. The molecule has 1 fully saturated rings. The van der Waals surface area contributed by atoms with Crippen LogP contribution in [0.5, 0.6) is 5.75 Å². The van der Waals surface area contributed by atoms with E-state index in [0.717, 1.165) is 6.26 Å². The lowest BCUT2D eigenvalue weighted by molar-refractivity contribution is 0.100. The molecule has 31 heavy (non-hydrogen) atoms. The highest BCUT2D eigenvalue weighted by atomic mass is 32.2. The number of carbonyl (C=O) groups is 1. The van der Waals surface area contributed by atoms with Crippen LogP contribution in [0, 0.1) is 12.7 Å². The molecule has 0 unspecified atom stereocenters. The van der Waals surface area contributed by atoms with Crippen LogP contribution in [0.2, 0.25) is 0 Å². The molecule has 1 amide bonds. The molecule has 2 aromatic heterocycles.